The minimum absolute atomic E-state index is 0.173. The van der Waals surface area contributed by atoms with Crippen molar-refractivity contribution in [2.24, 2.45) is 0 Å². The van der Waals surface area contributed by atoms with E-state index in [1.807, 2.05) is 0 Å². The minimum atomic E-state index is -0.937. The van der Waals surface area contributed by atoms with Gasteiger partial charge in [0, 0.05) is 18.3 Å². The number of esters is 1. The lowest BCUT2D eigenvalue weighted by atomic mass is 10.2. The number of carbonyl (C=O) groups excluding carboxylic acids is 3. The van der Waals surface area contributed by atoms with E-state index in [1.54, 1.807) is 54.6 Å². The van der Waals surface area contributed by atoms with Gasteiger partial charge in [-0.25, -0.2) is 4.79 Å². The van der Waals surface area contributed by atoms with Gasteiger partial charge in [0.25, 0.3) is 5.91 Å². The summed E-state index contributed by atoms with van der Waals surface area (Å²) in [6.07, 6.45) is -0.937. The van der Waals surface area contributed by atoms with E-state index in [9.17, 15) is 14.4 Å². The average Bonchev–Trinajstić information content (AvgIpc) is 2.56. The van der Waals surface area contributed by atoms with Crippen molar-refractivity contribution >= 4 is 29.2 Å². The zero-order chi connectivity index (χ0) is 17.5. The van der Waals surface area contributed by atoms with E-state index >= 15 is 0 Å². The standard InChI is InChI=1S/C18H18N2O4/c1-12(24-18(23)14-6-4-3-5-7-14)17(22)20-16-10-8-15(9-11-16)19-13(2)21/h3-12H,1-2H3,(H,19,21)(H,20,22)/t12-/m0/s1. The molecule has 0 fully saturated rings. The summed E-state index contributed by atoms with van der Waals surface area (Å²) in [7, 11) is 0. The summed E-state index contributed by atoms with van der Waals surface area (Å²) in [5.74, 6) is -1.17. The third-order valence-corrected chi connectivity index (χ3v) is 3.14. The molecule has 2 amide bonds. The Labute approximate surface area is 139 Å². The Hall–Kier alpha value is -3.15. The van der Waals surface area contributed by atoms with Gasteiger partial charge in [0.15, 0.2) is 6.10 Å². The average molecular weight is 326 g/mol. The highest BCUT2D eigenvalue weighted by Gasteiger charge is 2.18. The van der Waals surface area contributed by atoms with Gasteiger partial charge in [-0.2, -0.15) is 0 Å². The van der Waals surface area contributed by atoms with Gasteiger partial charge in [-0.05, 0) is 43.3 Å². The molecule has 0 unspecified atom stereocenters. The normalized spacial score (nSPS) is 11.2. The van der Waals surface area contributed by atoms with Crippen molar-refractivity contribution in [1.29, 1.82) is 0 Å². The predicted octanol–water partition coefficient (Wildman–Crippen LogP) is 2.83. The topological polar surface area (TPSA) is 84.5 Å². The fraction of sp³-hybridized carbons (Fsp3) is 0.167. The highest BCUT2D eigenvalue weighted by atomic mass is 16.5. The number of carbonyl (C=O) groups is 3. The molecule has 6 nitrogen and oxygen atoms in total. The molecule has 0 heterocycles. The second-order valence-electron chi connectivity index (χ2n) is 5.16. The number of amides is 2. The molecule has 24 heavy (non-hydrogen) atoms. The SMILES string of the molecule is CC(=O)Nc1ccc(NC(=O)[C@H](C)OC(=O)c2ccccc2)cc1. The molecule has 6 heteroatoms. The van der Waals surface area contributed by atoms with E-state index in [0.29, 0.717) is 16.9 Å². The molecule has 0 aromatic heterocycles. The number of ether oxygens (including phenoxy) is 1. The van der Waals surface area contributed by atoms with Crippen LogP contribution in [0.1, 0.15) is 24.2 Å². The number of anilines is 2. The van der Waals surface area contributed by atoms with E-state index < -0.39 is 18.0 Å². The molecular weight excluding hydrogens is 308 g/mol. The Kier molecular flexibility index (Phi) is 5.68. The van der Waals surface area contributed by atoms with E-state index in [-0.39, 0.29) is 5.91 Å². The van der Waals surface area contributed by atoms with Gasteiger partial charge < -0.3 is 15.4 Å². The van der Waals surface area contributed by atoms with Crippen molar-refractivity contribution in [3.8, 4) is 0 Å². The van der Waals surface area contributed by atoms with Gasteiger partial charge in [-0.15, -0.1) is 0 Å². The monoisotopic (exact) mass is 326 g/mol. The van der Waals surface area contributed by atoms with Crippen LogP contribution in [-0.2, 0) is 14.3 Å². The third-order valence-electron chi connectivity index (χ3n) is 3.14. The third kappa shape index (κ3) is 4.95. The summed E-state index contributed by atoms with van der Waals surface area (Å²) in [4.78, 5) is 35.0. The lowest BCUT2D eigenvalue weighted by Crippen LogP contribution is -2.30. The molecule has 0 aliphatic heterocycles. The Bertz CT molecular complexity index is 726. The molecule has 2 aromatic rings. The Balaban J connectivity index is 1.91. The van der Waals surface area contributed by atoms with E-state index in [4.69, 9.17) is 4.74 Å². The maximum atomic E-state index is 12.1. The molecule has 0 radical (unpaired) electrons. The zero-order valence-electron chi connectivity index (χ0n) is 13.4. The lowest BCUT2D eigenvalue weighted by Gasteiger charge is -2.14. The second kappa shape index (κ2) is 7.92. The van der Waals surface area contributed by atoms with Crippen LogP contribution < -0.4 is 10.6 Å². The smallest absolute Gasteiger partial charge is 0.338 e. The minimum Gasteiger partial charge on any atom is -0.449 e. The first-order valence-electron chi connectivity index (χ1n) is 7.40. The molecule has 0 aliphatic rings. The quantitative estimate of drug-likeness (QED) is 0.828. The highest BCUT2D eigenvalue weighted by molar-refractivity contribution is 5.97. The van der Waals surface area contributed by atoms with Gasteiger partial charge in [-0.3, -0.25) is 9.59 Å². The van der Waals surface area contributed by atoms with Gasteiger partial charge in [0.2, 0.25) is 5.91 Å². The second-order valence-corrected chi connectivity index (χ2v) is 5.16. The van der Waals surface area contributed by atoms with Crippen LogP contribution in [0.3, 0.4) is 0 Å². The molecule has 124 valence electrons. The summed E-state index contributed by atoms with van der Waals surface area (Å²) >= 11 is 0. The maximum absolute atomic E-state index is 12.1. The highest BCUT2D eigenvalue weighted by Crippen LogP contribution is 2.14. The molecule has 1 atom stereocenters. The molecule has 0 bridgehead atoms. The predicted molar refractivity (Wildman–Crippen MR) is 90.7 cm³/mol. The van der Waals surface area contributed by atoms with Crippen LogP contribution in [0.15, 0.2) is 54.6 Å². The Morgan fingerprint density at radius 1 is 0.875 bits per heavy atom. The van der Waals surface area contributed by atoms with Crippen LogP contribution in [0.4, 0.5) is 11.4 Å². The molecular formula is C18H18N2O4. The lowest BCUT2D eigenvalue weighted by molar-refractivity contribution is -0.123. The number of nitrogens with one attached hydrogen (secondary N) is 2. The van der Waals surface area contributed by atoms with Crippen LogP contribution in [0.2, 0.25) is 0 Å². The molecule has 0 spiro atoms. The molecule has 0 aliphatic carbocycles. The van der Waals surface area contributed by atoms with Crippen molar-refractivity contribution < 1.29 is 19.1 Å². The Morgan fingerprint density at radius 2 is 1.42 bits per heavy atom. The van der Waals surface area contributed by atoms with Crippen molar-refractivity contribution in [2.75, 3.05) is 10.6 Å². The van der Waals surface area contributed by atoms with Crippen LogP contribution in [0.5, 0.6) is 0 Å². The van der Waals surface area contributed by atoms with Crippen molar-refractivity contribution in [3.05, 3.63) is 60.2 Å². The van der Waals surface area contributed by atoms with Gasteiger partial charge >= 0.3 is 5.97 Å². The first-order chi connectivity index (χ1) is 11.5. The maximum Gasteiger partial charge on any atom is 0.338 e. The zero-order valence-corrected chi connectivity index (χ0v) is 13.4. The van der Waals surface area contributed by atoms with Crippen LogP contribution >= 0.6 is 0 Å². The molecule has 0 saturated carbocycles. The first-order valence-corrected chi connectivity index (χ1v) is 7.40. The van der Waals surface area contributed by atoms with Crippen LogP contribution in [0.25, 0.3) is 0 Å². The number of hydrogen-bond donors (Lipinski definition) is 2. The first kappa shape index (κ1) is 17.2. The van der Waals surface area contributed by atoms with Crippen LogP contribution in [-0.4, -0.2) is 23.9 Å². The van der Waals surface area contributed by atoms with Crippen molar-refractivity contribution in [1.82, 2.24) is 0 Å². The molecule has 2 N–H and O–H groups in total. The van der Waals surface area contributed by atoms with Crippen molar-refractivity contribution in [2.45, 2.75) is 20.0 Å². The summed E-state index contributed by atoms with van der Waals surface area (Å²) in [6, 6.07) is 15.1. The fourth-order valence-corrected chi connectivity index (χ4v) is 1.94. The van der Waals surface area contributed by atoms with Gasteiger partial charge in [0.1, 0.15) is 0 Å². The number of hydrogen-bond acceptors (Lipinski definition) is 4. The van der Waals surface area contributed by atoms with Gasteiger partial charge in [-0.1, -0.05) is 18.2 Å². The summed E-state index contributed by atoms with van der Waals surface area (Å²) in [6.45, 7) is 2.92. The van der Waals surface area contributed by atoms with Gasteiger partial charge in [0.05, 0.1) is 5.56 Å². The molecule has 2 rings (SSSR count). The number of rotatable bonds is 5. The largest absolute Gasteiger partial charge is 0.449 e. The van der Waals surface area contributed by atoms with Crippen LogP contribution in [0, 0.1) is 0 Å². The summed E-state index contributed by atoms with van der Waals surface area (Å²) in [5.41, 5.74) is 1.55. The van der Waals surface area contributed by atoms with E-state index in [0.717, 1.165) is 0 Å². The van der Waals surface area contributed by atoms with Crippen molar-refractivity contribution in [3.63, 3.8) is 0 Å². The molecule has 2 aromatic carbocycles. The van der Waals surface area contributed by atoms with E-state index in [1.165, 1.54) is 13.8 Å². The summed E-state index contributed by atoms with van der Waals surface area (Å²) in [5, 5.41) is 5.28. The Morgan fingerprint density at radius 3 is 1.96 bits per heavy atom. The summed E-state index contributed by atoms with van der Waals surface area (Å²) < 4.78 is 5.14. The molecule has 0 saturated heterocycles. The fourth-order valence-electron chi connectivity index (χ4n) is 1.94. The van der Waals surface area contributed by atoms with E-state index in [2.05, 4.69) is 10.6 Å². The number of benzene rings is 2.